The zero-order chi connectivity index (χ0) is 14.8. The molecule has 1 atom stereocenters. The number of carbonyl (C=O) groups is 1. The molecular formula is C13H10N4O3S. The third-order valence-electron chi connectivity index (χ3n) is 2.63. The molecule has 21 heavy (non-hydrogen) atoms. The minimum Gasteiger partial charge on any atom is -0.390 e. The fraction of sp³-hybridized carbons (Fsp3) is 0. The molecule has 8 heteroatoms. The van der Waals surface area contributed by atoms with Gasteiger partial charge in [-0.05, 0) is 24.3 Å². The van der Waals surface area contributed by atoms with Crippen molar-refractivity contribution < 1.29 is 13.7 Å². The van der Waals surface area contributed by atoms with Crippen molar-refractivity contribution in [1.29, 1.82) is 0 Å². The van der Waals surface area contributed by atoms with Gasteiger partial charge in [0.1, 0.15) is 10.8 Å². The van der Waals surface area contributed by atoms with E-state index in [0.717, 1.165) is 0 Å². The van der Waals surface area contributed by atoms with Gasteiger partial charge in [0.05, 0.1) is 6.20 Å². The number of aromatic nitrogens is 3. The Morgan fingerprint density at radius 3 is 2.67 bits per heavy atom. The predicted octanol–water partition coefficient (Wildman–Crippen LogP) is 1.35. The summed E-state index contributed by atoms with van der Waals surface area (Å²) in [6, 6.07) is 12.2. The molecule has 0 radical (unpaired) electrons. The van der Waals surface area contributed by atoms with E-state index in [4.69, 9.17) is 5.73 Å². The fourth-order valence-electron chi connectivity index (χ4n) is 1.76. The number of nitrogens with zero attached hydrogens (tertiary/aromatic N) is 3. The number of hydrogen-bond acceptors (Lipinski definition) is 5. The summed E-state index contributed by atoms with van der Waals surface area (Å²) in [5.74, 6) is 0.0395. The van der Waals surface area contributed by atoms with Crippen molar-refractivity contribution >= 4 is 22.5 Å². The van der Waals surface area contributed by atoms with Crippen molar-refractivity contribution in [3.63, 3.8) is 0 Å². The van der Waals surface area contributed by atoms with Crippen molar-refractivity contribution in [2.75, 3.05) is 0 Å². The number of benzene rings is 1. The van der Waals surface area contributed by atoms with Crippen molar-refractivity contribution in [1.82, 2.24) is 14.6 Å². The zero-order valence-corrected chi connectivity index (χ0v) is 11.5. The molecule has 0 fully saturated rings. The number of hydrogen-bond donors (Lipinski definition) is 1. The number of fused-ring (bicyclic) bond motifs is 1. The third kappa shape index (κ3) is 2.75. The molecule has 1 amide bonds. The summed E-state index contributed by atoms with van der Waals surface area (Å²) >= 11 is 0. The maximum absolute atomic E-state index is 12.4. The van der Waals surface area contributed by atoms with E-state index in [9.17, 15) is 9.00 Å². The number of nitrogens with two attached hydrogens (primary N) is 1. The molecule has 0 bridgehead atoms. The molecule has 3 rings (SSSR count). The van der Waals surface area contributed by atoms with Crippen LogP contribution in [0.5, 0.6) is 5.88 Å². The molecule has 106 valence electrons. The van der Waals surface area contributed by atoms with Gasteiger partial charge in [0.15, 0.2) is 10.7 Å². The Morgan fingerprint density at radius 2 is 1.95 bits per heavy atom. The van der Waals surface area contributed by atoms with E-state index >= 15 is 0 Å². The minimum absolute atomic E-state index is 0.0395. The third-order valence-corrected chi connectivity index (χ3v) is 3.92. The quantitative estimate of drug-likeness (QED) is 0.787. The molecule has 2 heterocycles. The molecule has 0 saturated heterocycles. The maximum Gasteiger partial charge on any atom is 0.411 e. The van der Waals surface area contributed by atoms with Gasteiger partial charge in [-0.25, -0.2) is 13.5 Å². The number of amides is 1. The van der Waals surface area contributed by atoms with Crippen LogP contribution in [0, 0.1) is 0 Å². The topological polar surface area (TPSA) is 99.6 Å². The molecule has 1 unspecified atom stereocenters. The Kier molecular flexibility index (Phi) is 3.36. The van der Waals surface area contributed by atoms with Crippen LogP contribution in [0.25, 0.3) is 5.65 Å². The lowest BCUT2D eigenvalue weighted by molar-refractivity contribution is 0.209. The number of ether oxygens (including phenoxy) is 1. The van der Waals surface area contributed by atoms with E-state index < -0.39 is 16.9 Å². The van der Waals surface area contributed by atoms with Gasteiger partial charge >= 0.3 is 6.09 Å². The van der Waals surface area contributed by atoms with E-state index in [1.165, 1.54) is 10.7 Å². The summed E-state index contributed by atoms with van der Waals surface area (Å²) in [5.41, 5.74) is 5.38. The standard InChI is InChI=1S/C13H10N4O3S/c14-13(18)20-11-8-17-10(15-11)6-7-12(16-17)21(19)9-4-2-1-3-5-9/h1-8H,(H2,14,18). The number of imidazole rings is 1. The number of rotatable bonds is 3. The first-order valence-corrected chi connectivity index (χ1v) is 7.09. The van der Waals surface area contributed by atoms with Crippen LogP contribution < -0.4 is 10.5 Å². The summed E-state index contributed by atoms with van der Waals surface area (Å²) in [6.45, 7) is 0. The Balaban J connectivity index is 1.97. The van der Waals surface area contributed by atoms with Gasteiger partial charge in [0, 0.05) is 4.90 Å². The lowest BCUT2D eigenvalue weighted by Crippen LogP contribution is -2.16. The van der Waals surface area contributed by atoms with E-state index in [1.807, 2.05) is 18.2 Å². The minimum atomic E-state index is -1.40. The second-order valence-corrected chi connectivity index (χ2v) is 5.48. The highest BCUT2D eigenvalue weighted by Gasteiger charge is 2.11. The second kappa shape index (κ2) is 5.33. The van der Waals surface area contributed by atoms with Gasteiger partial charge in [-0.3, -0.25) is 0 Å². The first kappa shape index (κ1) is 13.3. The van der Waals surface area contributed by atoms with Crippen LogP contribution in [0.3, 0.4) is 0 Å². The zero-order valence-electron chi connectivity index (χ0n) is 10.7. The molecule has 0 aliphatic rings. The van der Waals surface area contributed by atoms with Crippen LogP contribution in [0.2, 0.25) is 0 Å². The Labute approximate surface area is 121 Å². The molecular weight excluding hydrogens is 292 g/mol. The van der Waals surface area contributed by atoms with Crippen LogP contribution in [0.4, 0.5) is 4.79 Å². The maximum atomic E-state index is 12.4. The van der Waals surface area contributed by atoms with Gasteiger partial charge in [0.2, 0.25) is 5.88 Å². The lowest BCUT2D eigenvalue weighted by atomic mass is 10.4. The Bertz CT molecular complexity index is 832. The average molecular weight is 302 g/mol. The highest BCUT2D eigenvalue weighted by molar-refractivity contribution is 7.85. The molecule has 0 aliphatic carbocycles. The summed E-state index contributed by atoms with van der Waals surface area (Å²) < 4.78 is 18.4. The lowest BCUT2D eigenvalue weighted by Gasteiger charge is -2.01. The smallest absolute Gasteiger partial charge is 0.390 e. The van der Waals surface area contributed by atoms with Crippen LogP contribution in [0.15, 0.2) is 58.6 Å². The van der Waals surface area contributed by atoms with Crippen LogP contribution in [-0.4, -0.2) is 24.9 Å². The molecule has 1 aromatic carbocycles. The van der Waals surface area contributed by atoms with E-state index in [0.29, 0.717) is 15.6 Å². The fourth-order valence-corrected chi connectivity index (χ4v) is 2.76. The van der Waals surface area contributed by atoms with Gasteiger partial charge in [0.25, 0.3) is 0 Å². The van der Waals surface area contributed by atoms with Gasteiger partial charge in [-0.15, -0.1) is 0 Å². The molecule has 2 N–H and O–H groups in total. The Hall–Kier alpha value is -2.74. The second-order valence-electron chi connectivity index (χ2n) is 4.06. The molecule has 2 aromatic heterocycles. The largest absolute Gasteiger partial charge is 0.411 e. The molecule has 0 aliphatic heterocycles. The van der Waals surface area contributed by atoms with E-state index in [2.05, 4.69) is 14.8 Å². The molecule has 7 nitrogen and oxygen atoms in total. The van der Waals surface area contributed by atoms with Crippen molar-refractivity contribution in [2.45, 2.75) is 9.92 Å². The van der Waals surface area contributed by atoms with E-state index in [1.54, 1.807) is 24.3 Å². The first-order valence-electron chi connectivity index (χ1n) is 5.94. The average Bonchev–Trinajstić information content (AvgIpc) is 2.87. The van der Waals surface area contributed by atoms with Crippen molar-refractivity contribution in [3.8, 4) is 5.88 Å². The summed E-state index contributed by atoms with van der Waals surface area (Å²) in [4.78, 5) is 15.3. The van der Waals surface area contributed by atoms with Crippen LogP contribution in [0.1, 0.15) is 0 Å². The monoisotopic (exact) mass is 302 g/mol. The number of primary amides is 1. The highest BCUT2D eigenvalue weighted by atomic mass is 32.2. The molecule has 0 saturated carbocycles. The first-order chi connectivity index (χ1) is 10.1. The summed E-state index contributed by atoms with van der Waals surface area (Å²) in [7, 11) is -1.40. The van der Waals surface area contributed by atoms with Crippen molar-refractivity contribution in [2.24, 2.45) is 5.73 Å². The molecule has 3 aromatic rings. The van der Waals surface area contributed by atoms with E-state index in [-0.39, 0.29) is 5.88 Å². The summed E-state index contributed by atoms with van der Waals surface area (Å²) in [6.07, 6.45) is 0.442. The van der Waals surface area contributed by atoms with Crippen LogP contribution >= 0.6 is 0 Å². The van der Waals surface area contributed by atoms with Crippen LogP contribution in [-0.2, 0) is 10.8 Å². The number of carbonyl (C=O) groups excluding carboxylic acids is 1. The predicted molar refractivity (Wildman–Crippen MR) is 74.3 cm³/mol. The SMILES string of the molecule is NC(=O)Oc1cn2nc(S(=O)c3ccccc3)ccc2n1. The Morgan fingerprint density at radius 1 is 1.19 bits per heavy atom. The van der Waals surface area contributed by atoms with Gasteiger partial charge in [-0.1, -0.05) is 18.2 Å². The highest BCUT2D eigenvalue weighted by Crippen LogP contribution is 2.16. The summed E-state index contributed by atoms with van der Waals surface area (Å²) in [5, 5.41) is 4.57. The van der Waals surface area contributed by atoms with Gasteiger partial charge < -0.3 is 10.5 Å². The normalized spacial score (nSPS) is 12.2. The van der Waals surface area contributed by atoms with Gasteiger partial charge in [-0.2, -0.15) is 10.1 Å². The van der Waals surface area contributed by atoms with Crippen molar-refractivity contribution in [3.05, 3.63) is 48.7 Å². The molecule has 0 spiro atoms.